The predicted molar refractivity (Wildman–Crippen MR) is 97.0 cm³/mol. The summed E-state index contributed by atoms with van der Waals surface area (Å²) in [5.41, 5.74) is 3.14. The van der Waals surface area contributed by atoms with E-state index >= 15 is 0 Å². The largest absolute Gasteiger partial charge is 1.00 e. The molecule has 1 aromatic heterocycles. The van der Waals surface area contributed by atoms with Crippen molar-refractivity contribution >= 4 is 17.0 Å². The first-order chi connectivity index (χ1) is 11.8. The van der Waals surface area contributed by atoms with Crippen molar-refractivity contribution in [2.75, 3.05) is 18.4 Å². The highest BCUT2D eigenvalue weighted by Gasteiger charge is 2.17. The van der Waals surface area contributed by atoms with Gasteiger partial charge >= 0.3 is 2.85 Å². The van der Waals surface area contributed by atoms with Gasteiger partial charge in [0.25, 0.3) is 0 Å². The molecule has 2 aromatic carbocycles. The van der Waals surface area contributed by atoms with Gasteiger partial charge in [0, 0.05) is 6.04 Å². The number of hydrogen-bond donors (Lipinski definition) is 2. The molecule has 4 nitrogen and oxygen atoms in total. The lowest BCUT2D eigenvalue weighted by molar-refractivity contribution is -0.00100. The monoisotopic (exact) mass is 484 g/mol. The van der Waals surface area contributed by atoms with Gasteiger partial charge in [0.1, 0.15) is 5.82 Å². The van der Waals surface area contributed by atoms with Crippen LogP contribution in [0, 0.1) is 5.82 Å². The molecule has 1 saturated heterocycles. The molecule has 0 unspecified atom stereocenters. The number of benzene rings is 2. The Hall–Kier alpha value is -1.44. The zero-order chi connectivity index (χ0) is 16.4. The van der Waals surface area contributed by atoms with E-state index in [1.807, 2.05) is 30.3 Å². The number of fused-ring (bicyclic) bond motifs is 1. The van der Waals surface area contributed by atoms with Gasteiger partial charge in [-0.15, -0.1) is 0 Å². The first kappa shape index (κ1) is 20.9. The molecule has 0 radical (unpaired) electrons. The van der Waals surface area contributed by atoms with Crippen molar-refractivity contribution in [2.24, 2.45) is 0 Å². The van der Waals surface area contributed by atoms with Gasteiger partial charge in [0.05, 0.1) is 17.6 Å². The molecule has 140 valence electrons. The van der Waals surface area contributed by atoms with Crippen LogP contribution >= 0.6 is 0 Å². The van der Waals surface area contributed by atoms with Crippen molar-refractivity contribution in [2.45, 2.75) is 25.4 Å². The smallest absolute Gasteiger partial charge is 1.00 e. The summed E-state index contributed by atoms with van der Waals surface area (Å²) in [6, 6.07) is 15.3. The molecule has 0 atom stereocenters. The minimum Gasteiger partial charge on any atom is -1.00 e. The second kappa shape index (κ2) is 9.48. The fourth-order valence-electron chi connectivity index (χ4n) is 3.27. The molecule has 0 aliphatic carbocycles. The number of imidazole rings is 1. The Morgan fingerprint density at radius 3 is 2.50 bits per heavy atom. The molecule has 1 aliphatic rings. The molecule has 0 bridgehead atoms. The average Bonchev–Trinajstić information content (AvgIpc) is 2.95. The van der Waals surface area contributed by atoms with Crippen LogP contribution in [0.3, 0.4) is 0 Å². The number of rotatable bonds is 4. The van der Waals surface area contributed by atoms with Gasteiger partial charge in [0.2, 0.25) is 5.95 Å². The topological polar surface area (TPSA) is 41.9 Å². The third-order valence-corrected chi connectivity index (χ3v) is 4.58. The third-order valence-electron chi connectivity index (χ3n) is 4.58. The molecule has 7 heteroatoms. The van der Waals surface area contributed by atoms with Crippen molar-refractivity contribution < 1.29 is 41.2 Å². The molecule has 0 spiro atoms. The second-order valence-electron chi connectivity index (χ2n) is 6.31. The Bertz CT molecular complexity index is 840. The molecular weight excluding hydrogens is 463 g/mol. The van der Waals surface area contributed by atoms with Gasteiger partial charge in [-0.25, -0.2) is 9.37 Å². The number of anilines is 1. The Kier molecular flexibility index (Phi) is 7.61. The summed E-state index contributed by atoms with van der Waals surface area (Å²) in [6.45, 7) is 2.75. The fourth-order valence-corrected chi connectivity index (χ4v) is 3.27. The standard InChI is InChI=1S/C19H21FN4.2BrH/c20-15-7-5-14(6-8-15)13-24-18-4-2-1-3-17(18)23-19(24)22-16-9-11-21-12-10-16;;/h1-8,16,21H,9-13H2,(H,22,23);2*1H. The van der Waals surface area contributed by atoms with Crippen LogP contribution in [-0.4, -0.2) is 28.7 Å². The van der Waals surface area contributed by atoms with E-state index in [1.165, 1.54) is 12.1 Å². The van der Waals surface area contributed by atoms with Crippen LogP contribution in [0.2, 0.25) is 0 Å². The van der Waals surface area contributed by atoms with E-state index in [9.17, 15) is 4.39 Å². The van der Waals surface area contributed by atoms with Crippen LogP contribution in [-0.2, 0) is 6.54 Å². The summed E-state index contributed by atoms with van der Waals surface area (Å²) >= 11 is 0. The first-order valence-corrected chi connectivity index (χ1v) is 8.46. The average molecular weight is 486 g/mol. The van der Waals surface area contributed by atoms with Crippen LogP contribution in [0.1, 0.15) is 21.3 Å². The number of halogens is 3. The van der Waals surface area contributed by atoms with E-state index in [4.69, 9.17) is 4.98 Å². The number of aromatic nitrogens is 2. The van der Waals surface area contributed by atoms with Crippen LogP contribution in [0.15, 0.2) is 48.5 Å². The highest BCUT2D eigenvalue weighted by molar-refractivity contribution is 5.78. The molecule has 2 heterocycles. The molecular formula is C19H23Br2FN4. The van der Waals surface area contributed by atoms with E-state index in [0.29, 0.717) is 12.6 Å². The van der Waals surface area contributed by atoms with E-state index in [-0.39, 0.29) is 42.6 Å². The van der Waals surface area contributed by atoms with Gasteiger partial charge in [-0.05, 0) is 55.8 Å². The highest BCUT2D eigenvalue weighted by Crippen LogP contribution is 2.23. The van der Waals surface area contributed by atoms with Crippen molar-refractivity contribution in [3.05, 3.63) is 59.9 Å². The van der Waals surface area contributed by atoms with Crippen LogP contribution in [0.25, 0.3) is 11.0 Å². The minimum atomic E-state index is -0.206. The quantitative estimate of drug-likeness (QED) is 0.434. The second-order valence-corrected chi connectivity index (χ2v) is 6.31. The number of hydrogen-bond acceptors (Lipinski definition) is 3. The van der Waals surface area contributed by atoms with Crippen molar-refractivity contribution in [3.63, 3.8) is 0 Å². The van der Waals surface area contributed by atoms with Crippen molar-refractivity contribution in [1.29, 1.82) is 0 Å². The Morgan fingerprint density at radius 2 is 1.77 bits per heavy atom. The lowest BCUT2D eigenvalue weighted by Crippen LogP contribution is -3.00. The van der Waals surface area contributed by atoms with Crippen LogP contribution < -0.4 is 44.6 Å². The molecule has 4 rings (SSSR count). The fraction of sp³-hybridized carbons (Fsp3) is 0.316. The van der Waals surface area contributed by atoms with Gasteiger partial charge < -0.3 is 49.2 Å². The number of para-hydroxylation sites is 2. The first-order valence-electron chi connectivity index (χ1n) is 8.46. The maximum Gasteiger partial charge on any atom is 1.00 e. The summed E-state index contributed by atoms with van der Waals surface area (Å²) in [6.07, 6.45) is 2.19. The predicted octanol–water partition coefficient (Wildman–Crippen LogP) is -2.38. The zero-order valence-corrected chi connectivity index (χ0v) is 17.4. The maximum absolute atomic E-state index is 13.2. The Labute approximate surface area is 176 Å². The SMILES string of the molecule is Fc1ccc(Cn2c(NC3CCNCC3)nc3ccccc32)cc1.[Br-].[Br-].[H+].[H+]. The van der Waals surface area contributed by atoms with Gasteiger partial charge in [-0.2, -0.15) is 0 Å². The highest BCUT2D eigenvalue weighted by atomic mass is 79.9. The maximum atomic E-state index is 13.2. The van der Waals surface area contributed by atoms with E-state index < -0.39 is 0 Å². The van der Waals surface area contributed by atoms with E-state index in [0.717, 1.165) is 48.5 Å². The summed E-state index contributed by atoms with van der Waals surface area (Å²) in [5.74, 6) is 0.690. The third kappa shape index (κ3) is 4.64. The minimum absolute atomic E-state index is 0. The summed E-state index contributed by atoms with van der Waals surface area (Å²) < 4.78 is 15.4. The summed E-state index contributed by atoms with van der Waals surface area (Å²) in [5, 5.41) is 6.99. The molecule has 1 aliphatic heterocycles. The lowest BCUT2D eigenvalue weighted by atomic mass is 10.1. The van der Waals surface area contributed by atoms with Gasteiger partial charge in [0.15, 0.2) is 0 Å². The molecule has 26 heavy (non-hydrogen) atoms. The molecule has 1 fully saturated rings. The molecule has 0 saturated carbocycles. The number of nitrogens with zero attached hydrogens (tertiary/aromatic N) is 2. The van der Waals surface area contributed by atoms with E-state index in [1.54, 1.807) is 0 Å². The molecule has 2 N–H and O–H groups in total. The van der Waals surface area contributed by atoms with Gasteiger partial charge in [-0.3, -0.25) is 0 Å². The summed E-state index contributed by atoms with van der Waals surface area (Å²) in [7, 11) is 0. The Balaban J connectivity index is 0.00000182. The Morgan fingerprint density at radius 1 is 1.08 bits per heavy atom. The number of nitrogens with one attached hydrogen (secondary N) is 2. The van der Waals surface area contributed by atoms with Crippen LogP contribution in [0.4, 0.5) is 10.3 Å². The zero-order valence-electron chi connectivity index (χ0n) is 16.3. The van der Waals surface area contributed by atoms with Crippen LogP contribution in [0.5, 0.6) is 0 Å². The van der Waals surface area contributed by atoms with E-state index in [2.05, 4.69) is 21.3 Å². The molecule has 0 amide bonds. The van der Waals surface area contributed by atoms with Gasteiger partial charge in [-0.1, -0.05) is 24.3 Å². The normalized spacial score (nSPS) is 14.5. The van der Waals surface area contributed by atoms with Crippen molar-refractivity contribution in [3.8, 4) is 0 Å². The summed E-state index contributed by atoms with van der Waals surface area (Å²) in [4.78, 5) is 4.78. The number of piperidine rings is 1. The molecule has 3 aromatic rings. The van der Waals surface area contributed by atoms with Crippen molar-refractivity contribution in [1.82, 2.24) is 14.9 Å². The lowest BCUT2D eigenvalue weighted by Gasteiger charge is -2.24.